The van der Waals surface area contributed by atoms with Gasteiger partial charge in [0.1, 0.15) is 11.9 Å². The molecule has 0 radical (unpaired) electrons. The number of allylic oxidation sites excluding steroid dienone is 1. The van der Waals surface area contributed by atoms with Crippen LogP contribution in [0.15, 0.2) is 42.3 Å². The Balaban J connectivity index is 1.44. The number of ether oxygens (including phenoxy) is 2. The van der Waals surface area contributed by atoms with Crippen molar-refractivity contribution >= 4 is 34.6 Å². The van der Waals surface area contributed by atoms with Crippen molar-refractivity contribution in [1.82, 2.24) is 19.7 Å². The van der Waals surface area contributed by atoms with Gasteiger partial charge < -0.3 is 9.47 Å². The molecule has 10 heteroatoms. The second kappa shape index (κ2) is 8.18. The number of H-pyrrole nitrogens is 1. The van der Waals surface area contributed by atoms with Crippen LogP contribution in [0.5, 0.6) is 11.5 Å². The predicted octanol–water partition coefficient (Wildman–Crippen LogP) is 3.34. The van der Waals surface area contributed by atoms with Gasteiger partial charge in [-0.1, -0.05) is 18.2 Å². The lowest BCUT2D eigenvalue weighted by Gasteiger charge is -2.30. The Labute approximate surface area is 176 Å². The second-order valence-corrected chi connectivity index (χ2v) is 7.71. The number of aromatic amines is 1. The van der Waals surface area contributed by atoms with E-state index in [1.54, 1.807) is 19.1 Å². The third kappa shape index (κ3) is 4.08. The molecule has 0 spiro atoms. The van der Waals surface area contributed by atoms with Crippen LogP contribution in [0.1, 0.15) is 18.4 Å². The molecule has 2 atom stereocenters. The summed E-state index contributed by atoms with van der Waals surface area (Å²) in [7, 11) is 0. The van der Waals surface area contributed by atoms with Crippen molar-refractivity contribution in [1.29, 1.82) is 0 Å². The number of anilines is 1. The van der Waals surface area contributed by atoms with Gasteiger partial charge in [-0.3, -0.25) is 19.8 Å². The fourth-order valence-corrected chi connectivity index (χ4v) is 3.93. The SMILES string of the molecule is C=CCn1c(Cc2csc(NC(=O)C3Oc4ccccc4OC3C)n2)n[nH]c1=S. The standard InChI is InChI=1S/C19H19N5O3S2/c1-3-8-24-15(22-23-19(24)28)9-12-10-29-18(20-12)21-17(25)16-11(2)26-13-6-4-5-7-14(13)27-16/h3-7,10-11,16H,1,8-9H2,2H3,(H,23,28)(H,20,21,25). The maximum absolute atomic E-state index is 12.7. The highest BCUT2D eigenvalue weighted by Crippen LogP contribution is 2.33. The van der Waals surface area contributed by atoms with Crippen LogP contribution in [0.25, 0.3) is 0 Å². The van der Waals surface area contributed by atoms with Crippen molar-refractivity contribution in [2.45, 2.75) is 32.1 Å². The fraction of sp³-hybridized carbons (Fsp3) is 0.263. The summed E-state index contributed by atoms with van der Waals surface area (Å²) >= 11 is 6.57. The molecule has 150 valence electrons. The number of fused-ring (bicyclic) bond motifs is 1. The Kier molecular flexibility index (Phi) is 5.45. The Hall–Kier alpha value is -2.98. The van der Waals surface area contributed by atoms with E-state index in [4.69, 9.17) is 21.7 Å². The first-order valence-electron chi connectivity index (χ1n) is 8.97. The zero-order valence-corrected chi connectivity index (χ0v) is 17.3. The number of thiazole rings is 1. The second-order valence-electron chi connectivity index (χ2n) is 6.46. The minimum atomic E-state index is -0.763. The molecule has 0 bridgehead atoms. The van der Waals surface area contributed by atoms with Crippen LogP contribution in [-0.2, 0) is 17.8 Å². The van der Waals surface area contributed by atoms with Crippen molar-refractivity contribution in [2.75, 3.05) is 5.32 Å². The summed E-state index contributed by atoms with van der Waals surface area (Å²) < 4.78 is 14.0. The lowest BCUT2D eigenvalue weighted by molar-refractivity contribution is -0.128. The maximum atomic E-state index is 12.7. The highest BCUT2D eigenvalue weighted by Gasteiger charge is 2.34. The highest BCUT2D eigenvalue weighted by molar-refractivity contribution is 7.71. The summed E-state index contributed by atoms with van der Waals surface area (Å²) in [6.45, 7) is 6.10. The molecule has 8 nitrogen and oxygen atoms in total. The molecule has 2 aromatic heterocycles. The van der Waals surface area contributed by atoms with Gasteiger partial charge in [0.15, 0.2) is 21.4 Å². The van der Waals surface area contributed by atoms with Gasteiger partial charge in [0.25, 0.3) is 5.91 Å². The van der Waals surface area contributed by atoms with Gasteiger partial charge in [-0.05, 0) is 31.3 Å². The van der Waals surface area contributed by atoms with Crippen molar-refractivity contribution in [3.63, 3.8) is 0 Å². The average Bonchev–Trinajstić information content (AvgIpc) is 3.29. The summed E-state index contributed by atoms with van der Waals surface area (Å²) in [4.78, 5) is 17.2. The number of hydrogen-bond donors (Lipinski definition) is 2. The number of carbonyl (C=O) groups excluding carboxylic acids is 1. The molecule has 0 saturated heterocycles. The van der Waals surface area contributed by atoms with Gasteiger partial charge in [0, 0.05) is 11.9 Å². The Morgan fingerprint density at radius 3 is 2.93 bits per heavy atom. The molecule has 4 rings (SSSR count). The summed E-state index contributed by atoms with van der Waals surface area (Å²) in [6.07, 6.45) is 1.06. The van der Waals surface area contributed by atoms with E-state index in [1.807, 2.05) is 28.1 Å². The van der Waals surface area contributed by atoms with E-state index in [1.165, 1.54) is 11.3 Å². The number of hydrogen-bond acceptors (Lipinski definition) is 7. The Morgan fingerprint density at radius 1 is 1.41 bits per heavy atom. The normalized spacial score (nSPS) is 17.7. The summed E-state index contributed by atoms with van der Waals surface area (Å²) in [6, 6.07) is 7.29. The van der Waals surface area contributed by atoms with Crippen molar-refractivity contribution < 1.29 is 14.3 Å². The molecule has 2 unspecified atom stereocenters. The van der Waals surface area contributed by atoms with Crippen molar-refractivity contribution in [2.24, 2.45) is 0 Å². The molecule has 29 heavy (non-hydrogen) atoms. The molecule has 2 N–H and O–H groups in total. The van der Waals surface area contributed by atoms with Crippen LogP contribution in [0.2, 0.25) is 0 Å². The average molecular weight is 430 g/mol. The van der Waals surface area contributed by atoms with Crippen LogP contribution in [0.4, 0.5) is 5.13 Å². The molecular weight excluding hydrogens is 410 g/mol. The first-order chi connectivity index (χ1) is 14.0. The van der Waals surface area contributed by atoms with Gasteiger partial charge in [0.05, 0.1) is 12.1 Å². The van der Waals surface area contributed by atoms with Crippen LogP contribution in [-0.4, -0.2) is 37.9 Å². The first kappa shape index (κ1) is 19.3. The summed E-state index contributed by atoms with van der Waals surface area (Å²) in [5.41, 5.74) is 0.781. The van der Waals surface area contributed by atoms with Gasteiger partial charge in [-0.2, -0.15) is 5.10 Å². The number of carbonyl (C=O) groups is 1. The molecule has 0 saturated carbocycles. The molecule has 3 aromatic rings. The van der Waals surface area contributed by atoms with E-state index >= 15 is 0 Å². The maximum Gasteiger partial charge on any atom is 0.271 e. The van der Waals surface area contributed by atoms with Gasteiger partial charge in [-0.15, -0.1) is 17.9 Å². The zero-order valence-electron chi connectivity index (χ0n) is 15.6. The molecule has 0 aliphatic carbocycles. The molecular formula is C19H19N5O3S2. The van der Waals surface area contributed by atoms with Gasteiger partial charge >= 0.3 is 0 Å². The number of para-hydroxylation sites is 2. The quantitative estimate of drug-likeness (QED) is 0.461. The summed E-state index contributed by atoms with van der Waals surface area (Å²) in [5, 5.41) is 12.2. The van der Waals surface area contributed by atoms with Gasteiger partial charge in [0.2, 0.25) is 6.10 Å². The van der Waals surface area contributed by atoms with Gasteiger partial charge in [-0.25, -0.2) is 4.98 Å². The number of amides is 1. The van der Waals surface area contributed by atoms with E-state index in [0.717, 1.165) is 11.5 Å². The lowest BCUT2D eigenvalue weighted by atomic mass is 10.1. The number of aromatic nitrogens is 4. The molecule has 0 fully saturated rings. The summed E-state index contributed by atoms with van der Waals surface area (Å²) in [5.74, 6) is 1.64. The number of nitrogens with one attached hydrogen (secondary N) is 2. The Morgan fingerprint density at radius 2 is 2.17 bits per heavy atom. The third-order valence-electron chi connectivity index (χ3n) is 4.37. The number of benzene rings is 1. The predicted molar refractivity (Wildman–Crippen MR) is 112 cm³/mol. The minimum absolute atomic E-state index is 0.303. The highest BCUT2D eigenvalue weighted by atomic mass is 32.1. The van der Waals surface area contributed by atoms with Crippen LogP contribution < -0.4 is 14.8 Å². The fourth-order valence-electron chi connectivity index (χ4n) is 2.99. The third-order valence-corrected chi connectivity index (χ3v) is 5.49. The zero-order chi connectivity index (χ0) is 20.4. The van der Waals surface area contributed by atoms with Crippen LogP contribution >= 0.6 is 23.6 Å². The molecule has 1 aliphatic rings. The number of rotatable bonds is 6. The van der Waals surface area contributed by atoms with E-state index in [0.29, 0.717) is 34.4 Å². The van der Waals surface area contributed by atoms with Crippen molar-refractivity contribution in [3.8, 4) is 11.5 Å². The largest absolute Gasteiger partial charge is 0.482 e. The first-order valence-corrected chi connectivity index (χ1v) is 10.3. The molecule has 1 amide bonds. The lowest BCUT2D eigenvalue weighted by Crippen LogP contribution is -2.46. The van der Waals surface area contributed by atoms with E-state index in [2.05, 4.69) is 27.1 Å². The minimum Gasteiger partial charge on any atom is -0.482 e. The van der Waals surface area contributed by atoms with E-state index < -0.39 is 12.2 Å². The van der Waals surface area contributed by atoms with Crippen molar-refractivity contribution in [3.05, 3.63) is 58.6 Å². The smallest absolute Gasteiger partial charge is 0.271 e. The number of nitrogens with zero attached hydrogens (tertiary/aromatic N) is 3. The molecule has 1 aliphatic heterocycles. The van der Waals surface area contributed by atoms with E-state index in [-0.39, 0.29) is 5.91 Å². The van der Waals surface area contributed by atoms with Crippen LogP contribution in [0, 0.1) is 4.77 Å². The topological polar surface area (TPSA) is 94.1 Å². The van der Waals surface area contributed by atoms with Crippen LogP contribution in [0.3, 0.4) is 0 Å². The molecule has 3 heterocycles. The van der Waals surface area contributed by atoms with E-state index in [9.17, 15) is 4.79 Å². The monoisotopic (exact) mass is 429 g/mol. The molecule has 1 aromatic carbocycles. The Bertz CT molecular complexity index is 1100.